The molecule has 5 aliphatic rings. The zero-order valence-corrected chi connectivity index (χ0v) is 19.9. The Hall–Kier alpha value is -3.68. The summed E-state index contributed by atoms with van der Waals surface area (Å²) in [6, 6.07) is 10.2. The van der Waals surface area contributed by atoms with Crippen molar-refractivity contribution in [3.8, 4) is 0 Å². The summed E-state index contributed by atoms with van der Waals surface area (Å²) in [7, 11) is 1.70. The summed E-state index contributed by atoms with van der Waals surface area (Å²) in [4.78, 5) is 46.1. The molecule has 2 N–H and O–H groups in total. The second kappa shape index (κ2) is 6.71. The molecular formula is C27H27N5O3. The molecule has 0 bridgehead atoms. The Bertz CT molecular complexity index is 1480. The van der Waals surface area contributed by atoms with Crippen LogP contribution < -0.4 is 26.1 Å². The van der Waals surface area contributed by atoms with Crippen molar-refractivity contribution in [2.45, 2.75) is 49.6 Å². The topological polar surface area (TPSA) is 94.1 Å². The van der Waals surface area contributed by atoms with Crippen LogP contribution in [-0.4, -0.2) is 54.5 Å². The number of carbonyl (C=O) groups is 3. The summed E-state index contributed by atoms with van der Waals surface area (Å²) in [5, 5.41) is 7.57. The number of carbonyl (C=O) groups excluding carboxylic acids is 3. The van der Waals surface area contributed by atoms with Gasteiger partial charge in [0, 0.05) is 61.8 Å². The van der Waals surface area contributed by atoms with Crippen LogP contribution >= 0.6 is 0 Å². The van der Waals surface area contributed by atoms with Gasteiger partial charge in [-0.2, -0.15) is 0 Å². The maximum atomic E-state index is 12.6. The molecule has 7 rings (SSSR count). The van der Waals surface area contributed by atoms with Gasteiger partial charge in [0.05, 0.1) is 11.4 Å². The average Bonchev–Trinajstić information content (AvgIpc) is 3.39. The minimum absolute atomic E-state index is 0.0820. The van der Waals surface area contributed by atoms with Gasteiger partial charge in [0.2, 0.25) is 5.91 Å². The Morgan fingerprint density at radius 2 is 1.89 bits per heavy atom. The lowest BCUT2D eigenvalue weighted by Gasteiger charge is -2.31. The molecule has 4 aliphatic heterocycles. The van der Waals surface area contributed by atoms with Gasteiger partial charge in [-0.3, -0.25) is 19.9 Å². The molecule has 4 amide bonds. The number of benzene rings is 2. The summed E-state index contributed by atoms with van der Waals surface area (Å²) in [5.74, 6) is -0.128. The molecule has 0 aromatic heterocycles. The van der Waals surface area contributed by atoms with Crippen LogP contribution in [0, 0.1) is 0 Å². The van der Waals surface area contributed by atoms with E-state index in [0.29, 0.717) is 19.3 Å². The number of imide groups is 1. The standard InChI is InChI=1S/C27H27N5O3/c1-26-12-22(33)29-19-4-3-5-21(23(19)26)32(14-26)13-18-7-6-15-8-16-10-27(11-17(16)9-20(15)28-18)24(34)30-25(35)31(27)2/h3-6,8-9,18H,7,10-14H2,1-2H3,(H,29,33)(H,30,34,35)/t18?,26?,27-/m1/s1. The van der Waals surface area contributed by atoms with Gasteiger partial charge >= 0.3 is 6.03 Å². The second-order valence-electron chi connectivity index (χ2n) is 11.0. The van der Waals surface area contributed by atoms with Crippen LogP contribution in [0.3, 0.4) is 0 Å². The SMILES string of the molecule is CN1C(=O)NC(=O)[C@]12Cc1cc3c(cc1C2)=NC(CN1CC2(C)CC(=O)Nc4cccc1c42)CC=3. The Balaban J connectivity index is 1.19. The number of hydrogen-bond acceptors (Lipinski definition) is 5. The summed E-state index contributed by atoms with van der Waals surface area (Å²) < 4.78 is 0. The van der Waals surface area contributed by atoms with Crippen molar-refractivity contribution < 1.29 is 14.4 Å². The van der Waals surface area contributed by atoms with Crippen LogP contribution in [0.4, 0.5) is 16.2 Å². The van der Waals surface area contributed by atoms with E-state index in [1.54, 1.807) is 11.9 Å². The van der Waals surface area contributed by atoms with E-state index in [9.17, 15) is 14.4 Å². The Morgan fingerprint density at radius 3 is 2.66 bits per heavy atom. The predicted molar refractivity (Wildman–Crippen MR) is 131 cm³/mol. The molecule has 1 aliphatic carbocycles. The van der Waals surface area contributed by atoms with E-state index in [-0.39, 0.29) is 29.3 Å². The number of anilines is 2. The highest BCUT2D eigenvalue weighted by atomic mass is 16.2. The zero-order chi connectivity index (χ0) is 24.1. The molecule has 2 unspecified atom stereocenters. The maximum absolute atomic E-state index is 12.6. The van der Waals surface area contributed by atoms with Gasteiger partial charge in [0.25, 0.3) is 5.91 Å². The fourth-order valence-corrected chi connectivity index (χ4v) is 6.90. The Morgan fingerprint density at radius 1 is 1.09 bits per heavy atom. The van der Waals surface area contributed by atoms with E-state index < -0.39 is 5.54 Å². The number of likely N-dealkylation sites (N-methyl/N-ethyl adjacent to an activating group) is 1. The van der Waals surface area contributed by atoms with Crippen molar-refractivity contribution in [3.63, 3.8) is 0 Å². The Labute approximate surface area is 202 Å². The number of rotatable bonds is 2. The first-order chi connectivity index (χ1) is 16.8. The minimum Gasteiger partial charge on any atom is -0.368 e. The highest BCUT2D eigenvalue weighted by Gasteiger charge is 2.54. The number of amides is 4. The van der Waals surface area contributed by atoms with Gasteiger partial charge in [-0.1, -0.05) is 19.1 Å². The van der Waals surface area contributed by atoms with Crippen molar-refractivity contribution in [2.24, 2.45) is 4.99 Å². The van der Waals surface area contributed by atoms with Gasteiger partial charge in [-0.25, -0.2) is 4.79 Å². The van der Waals surface area contributed by atoms with Crippen molar-refractivity contribution in [1.29, 1.82) is 0 Å². The molecule has 1 saturated heterocycles. The van der Waals surface area contributed by atoms with Crippen LogP contribution in [0.5, 0.6) is 0 Å². The monoisotopic (exact) mass is 469 g/mol. The van der Waals surface area contributed by atoms with Crippen molar-refractivity contribution in [3.05, 3.63) is 57.6 Å². The van der Waals surface area contributed by atoms with E-state index in [2.05, 4.69) is 46.7 Å². The lowest BCUT2D eigenvalue weighted by Crippen LogP contribution is -2.48. The normalized spacial score (nSPS) is 29.9. The number of fused-ring (bicyclic) bond motifs is 2. The molecular weight excluding hydrogens is 442 g/mol. The summed E-state index contributed by atoms with van der Waals surface area (Å²) >= 11 is 0. The molecule has 0 saturated carbocycles. The molecule has 0 radical (unpaired) electrons. The zero-order valence-electron chi connectivity index (χ0n) is 19.9. The predicted octanol–water partition coefficient (Wildman–Crippen LogP) is 0.998. The molecule has 35 heavy (non-hydrogen) atoms. The fourth-order valence-electron chi connectivity index (χ4n) is 6.90. The number of hydrogen-bond donors (Lipinski definition) is 2. The molecule has 2 aromatic rings. The Kier molecular flexibility index (Phi) is 3.96. The van der Waals surface area contributed by atoms with Gasteiger partial charge in [0.1, 0.15) is 5.54 Å². The second-order valence-corrected chi connectivity index (χ2v) is 11.0. The third-order valence-electron chi connectivity index (χ3n) is 8.62. The highest BCUT2D eigenvalue weighted by molar-refractivity contribution is 6.07. The lowest BCUT2D eigenvalue weighted by molar-refractivity contribution is -0.125. The van der Waals surface area contributed by atoms with Crippen LogP contribution in [0.25, 0.3) is 6.08 Å². The van der Waals surface area contributed by atoms with E-state index >= 15 is 0 Å². The maximum Gasteiger partial charge on any atom is 0.324 e. The van der Waals surface area contributed by atoms with Crippen molar-refractivity contribution >= 4 is 35.3 Å². The van der Waals surface area contributed by atoms with Crippen molar-refractivity contribution in [2.75, 3.05) is 30.4 Å². The molecule has 4 heterocycles. The first-order valence-corrected chi connectivity index (χ1v) is 12.2. The molecule has 8 heteroatoms. The van der Waals surface area contributed by atoms with Crippen molar-refractivity contribution in [1.82, 2.24) is 10.2 Å². The van der Waals surface area contributed by atoms with Gasteiger partial charge in [0.15, 0.2) is 0 Å². The number of nitrogens with zero attached hydrogens (tertiary/aromatic N) is 3. The average molecular weight is 470 g/mol. The summed E-state index contributed by atoms with van der Waals surface area (Å²) in [5.41, 5.74) is 4.60. The van der Waals surface area contributed by atoms with E-state index in [1.807, 2.05) is 12.1 Å². The van der Waals surface area contributed by atoms with Crippen LogP contribution in [0.15, 0.2) is 35.3 Å². The molecule has 3 atom stereocenters. The fraction of sp³-hybridized carbons (Fsp3) is 0.407. The largest absolute Gasteiger partial charge is 0.368 e. The molecule has 178 valence electrons. The third kappa shape index (κ3) is 2.79. The summed E-state index contributed by atoms with van der Waals surface area (Å²) in [6.07, 6.45) is 4.65. The molecule has 1 spiro atoms. The minimum atomic E-state index is -0.818. The van der Waals surface area contributed by atoms with Crippen LogP contribution in [0.2, 0.25) is 0 Å². The van der Waals surface area contributed by atoms with Gasteiger partial charge < -0.3 is 15.1 Å². The number of nitrogens with one attached hydrogen (secondary N) is 2. The first kappa shape index (κ1) is 20.7. The quantitative estimate of drug-likeness (QED) is 0.642. The molecule has 8 nitrogen and oxygen atoms in total. The molecule has 1 fully saturated rings. The number of urea groups is 1. The highest BCUT2D eigenvalue weighted by Crippen LogP contribution is 2.49. The van der Waals surface area contributed by atoms with E-state index in [0.717, 1.165) is 46.9 Å². The van der Waals surface area contributed by atoms with Crippen LogP contribution in [-0.2, 0) is 27.8 Å². The molecule has 2 aromatic carbocycles. The van der Waals surface area contributed by atoms with E-state index in [1.165, 1.54) is 11.3 Å². The third-order valence-corrected chi connectivity index (χ3v) is 8.62. The summed E-state index contributed by atoms with van der Waals surface area (Å²) in [6.45, 7) is 3.79. The van der Waals surface area contributed by atoms with E-state index in [4.69, 9.17) is 4.99 Å². The van der Waals surface area contributed by atoms with Gasteiger partial charge in [-0.15, -0.1) is 0 Å². The lowest BCUT2D eigenvalue weighted by atomic mass is 9.78. The smallest absolute Gasteiger partial charge is 0.324 e. The van der Waals surface area contributed by atoms with Gasteiger partial charge in [-0.05, 0) is 47.0 Å². The van der Waals surface area contributed by atoms with Crippen LogP contribution in [0.1, 0.15) is 36.5 Å². The first-order valence-electron chi connectivity index (χ1n) is 12.2.